The van der Waals surface area contributed by atoms with Crippen molar-refractivity contribution in [2.75, 3.05) is 0 Å². The van der Waals surface area contributed by atoms with Crippen molar-refractivity contribution in [2.24, 2.45) is 34.6 Å². The van der Waals surface area contributed by atoms with Crippen LogP contribution in [0.5, 0.6) is 0 Å². The SMILES string of the molecule is O=C(NC1CC1CC1CCC2CC2C1)C1=C2/C=C\C=C/CC[C@@H]2C(c2ccc(F)cc2F)=N1. The number of carbonyl (C=O) groups is 1. The number of hydrogen-bond donors (Lipinski definition) is 1. The summed E-state index contributed by atoms with van der Waals surface area (Å²) in [7, 11) is 0. The monoisotopic (exact) mass is 448 g/mol. The molecule has 5 aliphatic rings. The molecule has 3 saturated carbocycles. The van der Waals surface area contributed by atoms with Gasteiger partial charge in [-0.1, -0.05) is 30.7 Å². The standard InChI is InChI=1S/C28H30F2N2O/c29-20-9-10-23(24(30)15-20)26-21-5-3-1-2-4-6-22(21)27(32-26)28(33)31-25-14-19(25)12-16-7-8-17-13-18(17)11-16/h1-2,4,6,9-10,15-19,21,25H,3,5,7-8,11-14H2,(H,31,33)/b2-1-,6-4-/t16?,17?,18?,19?,21-,25?/m0/s1. The van der Waals surface area contributed by atoms with Gasteiger partial charge in [0.15, 0.2) is 0 Å². The quantitative estimate of drug-likeness (QED) is 0.601. The molecular weight excluding hydrogens is 418 g/mol. The third-order valence-electron chi connectivity index (χ3n) is 8.30. The third-order valence-corrected chi connectivity index (χ3v) is 8.30. The van der Waals surface area contributed by atoms with Gasteiger partial charge in [0.25, 0.3) is 5.91 Å². The molecule has 1 aromatic rings. The fourth-order valence-electron chi connectivity index (χ4n) is 6.30. The second-order valence-corrected chi connectivity index (χ2v) is 10.6. The Morgan fingerprint density at radius 3 is 2.82 bits per heavy atom. The fourth-order valence-corrected chi connectivity index (χ4v) is 6.30. The van der Waals surface area contributed by atoms with Crippen LogP contribution in [0.15, 0.2) is 58.8 Å². The van der Waals surface area contributed by atoms with Crippen molar-refractivity contribution in [3.05, 3.63) is 71.0 Å². The number of carbonyl (C=O) groups excluding carboxylic acids is 1. The van der Waals surface area contributed by atoms with Gasteiger partial charge in [0.2, 0.25) is 0 Å². The molecule has 4 aliphatic carbocycles. The van der Waals surface area contributed by atoms with Crippen LogP contribution in [0.2, 0.25) is 0 Å². The van der Waals surface area contributed by atoms with E-state index in [1.807, 2.05) is 18.2 Å². The maximum Gasteiger partial charge on any atom is 0.270 e. The first kappa shape index (κ1) is 21.0. The van der Waals surface area contributed by atoms with E-state index < -0.39 is 11.6 Å². The average molecular weight is 449 g/mol. The highest BCUT2D eigenvalue weighted by molar-refractivity contribution is 6.12. The lowest BCUT2D eigenvalue weighted by Gasteiger charge is -2.21. The Hall–Kier alpha value is -2.56. The number of nitrogens with one attached hydrogen (secondary N) is 1. The summed E-state index contributed by atoms with van der Waals surface area (Å²) < 4.78 is 28.1. The van der Waals surface area contributed by atoms with Crippen LogP contribution in [-0.2, 0) is 4.79 Å². The van der Waals surface area contributed by atoms with Crippen molar-refractivity contribution < 1.29 is 13.6 Å². The molecule has 6 atom stereocenters. The van der Waals surface area contributed by atoms with Crippen molar-refractivity contribution in [2.45, 2.75) is 57.4 Å². The molecule has 0 bridgehead atoms. The number of rotatable bonds is 5. The molecule has 1 N–H and O–H groups in total. The normalized spacial score (nSPS) is 36.1. The van der Waals surface area contributed by atoms with Gasteiger partial charge in [0.05, 0.1) is 5.71 Å². The van der Waals surface area contributed by atoms with E-state index in [0.717, 1.165) is 48.7 Å². The van der Waals surface area contributed by atoms with Crippen molar-refractivity contribution in [3.8, 4) is 0 Å². The molecule has 1 amide bonds. The van der Waals surface area contributed by atoms with Crippen LogP contribution in [0.25, 0.3) is 0 Å². The number of hydrogen-bond acceptors (Lipinski definition) is 2. The third kappa shape index (κ3) is 4.22. The van der Waals surface area contributed by atoms with Gasteiger partial charge in [-0.15, -0.1) is 0 Å². The van der Waals surface area contributed by atoms with E-state index in [1.165, 1.54) is 44.2 Å². The molecule has 5 unspecified atom stereocenters. The first-order chi connectivity index (χ1) is 16.1. The minimum absolute atomic E-state index is 0.167. The van der Waals surface area contributed by atoms with E-state index >= 15 is 0 Å². The zero-order valence-corrected chi connectivity index (χ0v) is 18.8. The summed E-state index contributed by atoms with van der Waals surface area (Å²) in [5.74, 6) is 1.81. The Balaban J connectivity index is 1.19. The van der Waals surface area contributed by atoms with Crippen molar-refractivity contribution in [1.29, 1.82) is 0 Å². The Kier molecular flexibility index (Phi) is 5.31. The van der Waals surface area contributed by atoms with Gasteiger partial charge in [-0.2, -0.15) is 0 Å². The van der Waals surface area contributed by atoms with E-state index in [-0.39, 0.29) is 23.4 Å². The molecule has 1 aromatic carbocycles. The highest BCUT2D eigenvalue weighted by atomic mass is 19.1. The molecule has 5 heteroatoms. The minimum Gasteiger partial charge on any atom is -0.348 e. The molecule has 172 valence electrons. The molecule has 1 heterocycles. The predicted molar refractivity (Wildman–Crippen MR) is 125 cm³/mol. The first-order valence-electron chi connectivity index (χ1n) is 12.5. The van der Waals surface area contributed by atoms with E-state index in [1.54, 1.807) is 0 Å². The Bertz CT molecular complexity index is 1100. The molecule has 33 heavy (non-hydrogen) atoms. The van der Waals surface area contributed by atoms with Crippen LogP contribution < -0.4 is 5.32 Å². The molecule has 1 aliphatic heterocycles. The summed E-state index contributed by atoms with van der Waals surface area (Å²) in [6.07, 6.45) is 17.3. The van der Waals surface area contributed by atoms with Gasteiger partial charge < -0.3 is 5.32 Å². The second kappa shape index (κ2) is 8.34. The van der Waals surface area contributed by atoms with Crippen molar-refractivity contribution in [3.63, 3.8) is 0 Å². The van der Waals surface area contributed by atoms with Crippen LogP contribution in [-0.4, -0.2) is 17.7 Å². The number of nitrogens with zero attached hydrogens (tertiary/aromatic N) is 1. The topological polar surface area (TPSA) is 41.5 Å². The maximum absolute atomic E-state index is 14.6. The van der Waals surface area contributed by atoms with E-state index in [4.69, 9.17) is 0 Å². The van der Waals surface area contributed by atoms with Crippen LogP contribution in [0.4, 0.5) is 8.78 Å². The maximum atomic E-state index is 14.6. The van der Waals surface area contributed by atoms with E-state index in [2.05, 4.69) is 16.4 Å². The number of amides is 1. The van der Waals surface area contributed by atoms with E-state index in [9.17, 15) is 13.6 Å². The highest BCUT2D eigenvalue weighted by Crippen LogP contribution is 2.53. The van der Waals surface area contributed by atoms with Gasteiger partial charge in [0.1, 0.15) is 17.3 Å². The predicted octanol–water partition coefficient (Wildman–Crippen LogP) is 5.88. The molecular formula is C28H30F2N2O. The lowest BCUT2D eigenvalue weighted by atomic mass is 9.85. The lowest BCUT2D eigenvalue weighted by Crippen LogP contribution is -2.28. The van der Waals surface area contributed by atoms with Gasteiger partial charge in [-0.3, -0.25) is 4.79 Å². The molecule has 3 fully saturated rings. The number of fused-ring (bicyclic) bond motifs is 2. The van der Waals surface area contributed by atoms with Gasteiger partial charge in [-0.25, -0.2) is 13.8 Å². The van der Waals surface area contributed by atoms with Crippen LogP contribution >= 0.6 is 0 Å². The van der Waals surface area contributed by atoms with Crippen molar-refractivity contribution in [1.82, 2.24) is 5.32 Å². The summed E-state index contributed by atoms with van der Waals surface area (Å²) in [5, 5.41) is 3.21. The summed E-state index contributed by atoms with van der Waals surface area (Å²) in [6.45, 7) is 0. The van der Waals surface area contributed by atoms with Crippen molar-refractivity contribution >= 4 is 11.6 Å². The molecule has 0 saturated heterocycles. The Morgan fingerprint density at radius 1 is 1.06 bits per heavy atom. The number of allylic oxidation sites excluding steroid dienone is 5. The van der Waals surface area contributed by atoms with Gasteiger partial charge >= 0.3 is 0 Å². The lowest BCUT2D eigenvalue weighted by molar-refractivity contribution is -0.117. The molecule has 3 nitrogen and oxygen atoms in total. The second-order valence-electron chi connectivity index (χ2n) is 10.6. The number of aliphatic imine (C=N–C) groups is 1. The smallest absolute Gasteiger partial charge is 0.270 e. The van der Waals surface area contributed by atoms with Crippen LogP contribution in [0.3, 0.4) is 0 Å². The summed E-state index contributed by atoms with van der Waals surface area (Å²) in [4.78, 5) is 17.9. The molecule has 6 rings (SSSR count). The molecule has 0 radical (unpaired) electrons. The zero-order chi connectivity index (χ0) is 22.5. The van der Waals surface area contributed by atoms with Gasteiger partial charge in [-0.05, 0) is 86.3 Å². The molecule has 0 spiro atoms. The Morgan fingerprint density at radius 2 is 1.97 bits per heavy atom. The van der Waals surface area contributed by atoms with Crippen LogP contribution in [0, 0.1) is 41.2 Å². The summed E-state index contributed by atoms with van der Waals surface area (Å²) in [6, 6.07) is 3.80. The fraction of sp³-hybridized carbons (Fsp3) is 0.500. The zero-order valence-electron chi connectivity index (χ0n) is 18.8. The number of halogens is 2. The summed E-state index contributed by atoms with van der Waals surface area (Å²) in [5.41, 5.74) is 2.02. The molecule has 0 aromatic heterocycles. The largest absolute Gasteiger partial charge is 0.348 e. The summed E-state index contributed by atoms with van der Waals surface area (Å²) >= 11 is 0. The van der Waals surface area contributed by atoms with Crippen LogP contribution in [0.1, 0.15) is 56.9 Å². The highest BCUT2D eigenvalue weighted by Gasteiger charge is 2.46. The van der Waals surface area contributed by atoms with Gasteiger partial charge in [0, 0.05) is 23.6 Å². The van der Waals surface area contributed by atoms with E-state index in [0.29, 0.717) is 17.3 Å². The number of benzene rings is 1. The average Bonchev–Trinajstić information content (AvgIpc) is 3.66. The minimum atomic E-state index is -0.635. The Labute approximate surface area is 193 Å². The first-order valence-corrected chi connectivity index (χ1v) is 12.5.